The molecule has 11 heteroatoms. The maximum absolute atomic E-state index is 9.03. The van der Waals surface area contributed by atoms with Crippen LogP contribution in [0.5, 0.6) is 0 Å². The lowest BCUT2D eigenvalue weighted by molar-refractivity contribution is 0.217. The van der Waals surface area contributed by atoms with Crippen molar-refractivity contribution in [3.63, 3.8) is 0 Å². The standard InChI is InChI=1S/C8H16N6O5/c15-1-9-6-10-7(13(2-16)3-17)12-8(11-6)14(4-18)5-19/h15-19H,1-5H2,(H,9,10,11,12). The molecule has 0 aliphatic carbocycles. The Labute approximate surface area is 108 Å². The average molecular weight is 276 g/mol. The first-order valence-corrected chi connectivity index (χ1v) is 5.24. The van der Waals surface area contributed by atoms with Crippen LogP contribution in [0.4, 0.5) is 17.8 Å². The second kappa shape index (κ2) is 7.60. The Morgan fingerprint density at radius 1 is 0.737 bits per heavy atom. The molecular formula is C8H16N6O5. The van der Waals surface area contributed by atoms with Crippen molar-refractivity contribution in [1.82, 2.24) is 15.0 Å². The Morgan fingerprint density at radius 2 is 1.16 bits per heavy atom. The minimum absolute atomic E-state index is 0.0405. The first-order chi connectivity index (χ1) is 9.19. The third-order valence-corrected chi connectivity index (χ3v) is 2.10. The van der Waals surface area contributed by atoms with E-state index in [0.29, 0.717) is 0 Å². The molecule has 0 bridgehead atoms. The SMILES string of the molecule is OCNc1nc(N(CO)CO)nc(N(CO)CO)n1. The molecule has 0 spiro atoms. The highest BCUT2D eigenvalue weighted by Crippen LogP contribution is 2.15. The zero-order chi connectivity index (χ0) is 14.3. The van der Waals surface area contributed by atoms with Crippen LogP contribution < -0.4 is 15.1 Å². The van der Waals surface area contributed by atoms with E-state index in [1.54, 1.807) is 0 Å². The summed E-state index contributed by atoms with van der Waals surface area (Å²) in [6.45, 7) is -2.62. The van der Waals surface area contributed by atoms with Crippen molar-refractivity contribution < 1.29 is 25.5 Å². The van der Waals surface area contributed by atoms with Crippen LogP contribution in [0.2, 0.25) is 0 Å². The van der Waals surface area contributed by atoms with Gasteiger partial charge in [-0.1, -0.05) is 0 Å². The molecule has 0 radical (unpaired) electrons. The number of aliphatic hydroxyl groups is 5. The number of aliphatic hydroxyl groups excluding tert-OH is 5. The summed E-state index contributed by atoms with van der Waals surface area (Å²) in [5, 5.41) is 47.3. The molecule has 6 N–H and O–H groups in total. The van der Waals surface area contributed by atoms with E-state index in [9.17, 15) is 0 Å². The predicted molar refractivity (Wildman–Crippen MR) is 63.8 cm³/mol. The molecular weight excluding hydrogens is 260 g/mol. The Hall–Kier alpha value is -1.79. The van der Waals surface area contributed by atoms with Crippen LogP contribution in [0.1, 0.15) is 0 Å². The topological polar surface area (TPSA) is 158 Å². The van der Waals surface area contributed by atoms with Gasteiger partial charge in [0.2, 0.25) is 17.8 Å². The summed E-state index contributed by atoms with van der Waals surface area (Å²) in [7, 11) is 0. The van der Waals surface area contributed by atoms with Gasteiger partial charge in [-0.3, -0.25) is 9.80 Å². The first-order valence-electron chi connectivity index (χ1n) is 5.24. The van der Waals surface area contributed by atoms with Crippen LogP contribution in [0.15, 0.2) is 0 Å². The Balaban J connectivity index is 3.16. The zero-order valence-corrected chi connectivity index (χ0v) is 10.0. The summed E-state index contributed by atoms with van der Waals surface area (Å²) in [6.07, 6.45) is 0. The number of nitrogens with zero attached hydrogens (tertiary/aromatic N) is 5. The summed E-state index contributed by atoms with van der Waals surface area (Å²) in [5.41, 5.74) is 0. The molecule has 1 aromatic rings. The Bertz CT molecular complexity index is 356. The molecule has 0 atom stereocenters. The average Bonchev–Trinajstić information content (AvgIpc) is 2.42. The second-order valence-electron chi connectivity index (χ2n) is 3.24. The number of nitrogens with one attached hydrogen (secondary N) is 1. The van der Waals surface area contributed by atoms with Crippen LogP contribution in [0.3, 0.4) is 0 Å². The van der Waals surface area contributed by atoms with Crippen LogP contribution in [0, 0.1) is 0 Å². The van der Waals surface area contributed by atoms with Gasteiger partial charge in [0.25, 0.3) is 0 Å². The Kier molecular flexibility index (Phi) is 6.11. The van der Waals surface area contributed by atoms with Gasteiger partial charge in [0, 0.05) is 0 Å². The fourth-order valence-electron chi connectivity index (χ4n) is 1.13. The van der Waals surface area contributed by atoms with Crippen LogP contribution in [-0.4, -0.2) is 74.1 Å². The van der Waals surface area contributed by atoms with Crippen molar-refractivity contribution in [3.05, 3.63) is 0 Å². The van der Waals surface area contributed by atoms with E-state index in [2.05, 4.69) is 20.3 Å². The normalized spacial score (nSPS) is 10.4. The molecule has 1 rings (SSSR count). The van der Waals surface area contributed by atoms with Crippen molar-refractivity contribution in [2.45, 2.75) is 0 Å². The highest BCUT2D eigenvalue weighted by molar-refractivity contribution is 5.44. The van der Waals surface area contributed by atoms with Crippen LogP contribution >= 0.6 is 0 Å². The molecule has 1 aromatic heterocycles. The van der Waals surface area contributed by atoms with Crippen molar-refractivity contribution >= 4 is 17.8 Å². The predicted octanol–water partition coefficient (Wildman–Crippen LogP) is -3.35. The highest BCUT2D eigenvalue weighted by Gasteiger charge is 2.15. The quantitative estimate of drug-likeness (QED) is 0.263. The summed E-state index contributed by atoms with van der Waals surface area (Å²) < 4.78 is 0. The molecule has 0 aliphatic heterocycles. The van der Waals surface area contributed by atoms with E-state index in [-0.39, 0.29) is 17.8 Å². The molecule has 11 nitrogen and oxygen atoms in total. The third kappa shape index (κ3) is 3.84. The molecule has 0 unspecified atom stereocenters. The molecule has 0 saturated heterocycles. The highest BCUT2D eigenvalue weighted by atomic mass is 16.3. The van der Waals surface area contributed by atoms with E-state index in [1.165, 1.54) is 0 Å². The minimum Gasteiger partial charge on any atom is -0.376 e. The van der Waals surface area contributed by atoms with Gasteiger partial charge in [-0.05, 0) is 0 Å². The lowest BCUT2D eigenvalue weighted by Crippen LogP contribution is -2.31. The third-order valence-electron chi connectivity index (χ3n) is 2.10. The molecule has 0 aromatic carbocycles. The lowest BCUT2D eigenvalue weighted by atomic mass is 10.7. The number of hydrogen-bond donors (Lipinski definition) is 6. The monoisotopic (exact) mass is 276 g/mol. The van der Waals surface area contributed by atoms with Crippen LogP contribution in [-0.2, 0) is 0 Å². The van der Waals surface area contributed by atoms with Crippen molar-refractivity contribution in [3.8, 4) is 0 Å². The number of rotatable bonds is 8. The van der Waals surface area contributed by atoms with E-state index in [4.69, 9.17) is 25.5 Å². The first kappa shape index (κ1) is 15.3. The number of hydrogen-bond acceptors (Lipinski definition) is 11. The van der Waals surface area contributed by atoms with E-state index in [1.807, 2.05) is 0 Å². The van der Waals surface area contributed by atoms with Crippen LogP contribution in [0.25, 0.3) is 0 Å². The largest absolute Gasteiger partial charge is 0.376 e. The van der Waals surface area contributed by atoms with Gasteiger partial charge in [0.15, 0.2) is 0 Å². The maximum atomic E-state index is 9.03. The fourth-order valence-corrected chi connectivity index (χ4v) is 1.13. The van der Waals surface area contributed by atoms with E-state index >= 15 is 0 Å². The zero-order valence-electron chi connectivity index (χ0n) is 10.0. The lowest BCUT2D eigenvalue weighted by Gasteiger charge is -2.21. The van der Waals surface area contributed by atoms with Gasteiger partial charge in [-0.15, -0.1) is 0 Å². The molecule has 0 saturated carbocycles. The summed E-state index contributed by atoms with van der Waals surface area (Å²) in [4.78, 5) is 13.5. The van der Waals surface area contributed by atoms with Gasteiger partial charge >= 0.3 is 0 Å². The van der Waals surface area contributed by atoms with Gasteiger partial charge in [0.05, 0.1) is 0 Å². The second-order valence-corrected chi connectivity index (χ2v) is 3.24. The summed E-state index contributed by atoms with van der Waals surface area (Å²) >= 11 is 0. The van der Waals surface area contributed by atoms with Gasteiger partial charge in [-0.25, -0.2) is 0 Å². The summed E-state index contributed by atoms with van der Waals surface area (Å²) in [6, 6.07) is 0. The summed E-state index contributed by atoms with van der Waals surface area (Å²) in [5.74, 6) is -0.211. The number of anilines is 3. The molecule has 0 fully saturated rings. The molecule has 0 aliphatic rings. The van der Waals surface area contributed by atoms with E-state index < -0.39 is 33.7 Å². The van der Waals surface area contributed by atoms with Crippen molar-refractivity contribution in [2.75, 3.05) is 48.8 Å². The molecule has 0 amide bonds. The van der Waals surface area contributed by atoms with Crippen molar-refractivity contribution in [1.29, 1.82) is 0 Å². The van der Waals surface area contributed by atoms with E-state index in [0.717, 1.165) is 9.80 Å². The van der Waals surface area contributed by atoms with Gasteiger partial charge in [-0.2, -0.15) is 15.0 Å². The van der Waals surface area contributed by atoms with Gasteiger partial charge in [0.1, 0.15) is 33.7 Å². The van der Waals surface area contributed by atoms with Crippen molar-refractivity contribution in [2.24, 2.45) is 0 Å². The number of aromatic nitrogens is 3. The minimum atomic E-state index is -0.545. The molecule has 108 valence electrons. The maximum Gasteiger partial charge on any atom is 0.235 e. The fraction of sp³-hybridized carbons (Fsp3) is 0.625. The van der Waals surface area contributed by atoms with Gasteiger partial charge < -0.3 is 30.8 Å². The smallest absolute Gasteiger partial charge is 0.235 e. The molecule has 19 heavy (non-hydrogen) atoms. The molecule has 1 heterocycles. The Morgan fingerprint density at radius 3 is 1.47 bits per heavy atom.